The number of nitrogens with one attached hydrogen (secondary N) is 2. The molecular formula is C19H29N3O. The molecule has 0 bridgehead atoms. The van der Waals surface area contributed by atoms with Crippen LogP contribution in [-0.2, 0) is 17.8 Å². The van der Waals surface area contributed by atoms with Gasteiger partial charge in [-0.25, -0.2) is 0 Å². The van der Waals surface area contributed by atoms with Crippen LogP contribution in [0.2, 0.25) is 0 Å². The first-order chi connectivity index (χ1) is 11.3. The Bertz CT molecular complexity index is 525. The first-order valence-corrected chi connectivity index (χ1v) is 9.10. The summed E-state index contributed by atoms with van der Waals surface area (Å²) in [6, 6.07) is 9.17. The van der Waals surface area contributed by atoms with Crippen molar-refractivity contribution in [2.24, 2.45) is 0 Å². The maximum absolute atomic E-state index is 12.3. The molecule has 1 aromatic rings. The van der Waals surface area contributed by atoms with Gasteiger partial charge in [0, 0.05) is 25.7 Å². The number of hydrogen-bond acceptors (Lipinski definition) is 3. The van der Waals surface area contributed by atoms with Crippen molar-refractivity contribution in [3.63, 3.8) is 0 Å². The minimum atomic E-state index is 0.0170. The predicted molar refractivity (Wildman–Crippen MR) is 93.3 cm³/mol. The summed E-state index contributed by atoms with van der Waals surface area (Å²) in [6.07, 6.45) is 5.50. The third-order valence-electron chi connectivity index (χ3n) is 5.29. The first kappa shape index (κ1) is 16.5. The van der Waals surface area contributed by atoms with Crippen LogP contribution in [0.25, 0.3) is 0 Å². The van der Waals surface area contributed by atoms with E-state index in [-0.39, 0.29) is 11.9 Å². The van der Waals surface area contributed by atoms with Gasteiger partial charge in [0.2, 0.25) is 5.91 Å². The van der Waals surface area contributed by atoms with Gasteiger partial charge in [-0.1, -0.05) is 37.6 Å². The Morgan fingerprint density at radius 2 is 2.17 bits per heavy atom. The van der Waals surface area contributed by atoms with E-state index in [0.717, 1.165) is 51.9 Å². The van der Waals surface area contributed by atoms with Crippen molar-refractivity contribution < 1.29 is 4.79 Å². The lowest BCUT2D eigenvalue weighted by Gasteiger charge is -2.35. The lowest BCUT2D eigenvalue weighted by atomic mass is 9.98. The molecule has 2 N–H and O–H groups in total. The van der Waals surface area contributed by atoms with E-state index in [1.807, 2.05) is 0 Å². The van der Waals surface area contributed by atoms with Gasteiger partial charge in [-0.15, -0.1) is 0 Å². The van der Waals surface area contributed by atoms with Crippen LogP contribution in [0.15, 0.2) is 24.3 Å². The van der Waals surface area contributed by atoms with Gasteiger partial charge in [0.25, 0.3) is 0 Å². The molecule has 2 aliphatic rings. The van der Waals surface area contributed by atoms with Crippen molar-refractivity contribution in [1.82, 2.24) is 15.5 Å². The Kier molecular flexibility index (Phi) is 5.68. The fourth-order valence-corrected chi connectivity index (χ4v) is 3.78. The summed E-state index contributed by atoms with van der Waals surface area (Å²) in [5, 5.41) is 6.51. The average Bonchev–Trinajstić information content (AvgIpc) is 2.62. The molecule has 4 heteroatoms. The van der Waals surface area contributed by atoms with Gasteiger partial charge in [0.05, 0.1) is 6.04 Å². The van der Waals surface area contributed by atoms with Crippen LogP contribution in [-0.4, -0.2) is 42.5 Å². The molecule has 0 saturated carbocycles. The first-order valence-electron chi connectivity index (χ1n) is 9.10. The van der Waals surface area contributed by atoms with Gasteiger partial charge in [0.1, 0.15) is 0 Å². The standard InChI is InChI=1S/C19H29N3O/c1-2-17(13-21-19(23)18-9-5-6-11-20-18)22-12-10-15-7-3-4-8-16(15)14-22/h3-4,7-8,17-18,20H,2,5-6,9-14H2,1H3,(H,21,23)/t17?,18-/m1/s1. The number of rotatable bonds is 5. The van der Waals surface area contributed by atoms with Crippen molar-refractivity contribution in [2.45, 2.75) is 57.7 Å². The number of fused-ring (bicyclic) bond motifs is 1. The fourth-order valence-electron chi connectivity index (χ4n) is 3.78. The Labute approximate surface area is 139 Å². The van der Waals surface area contributed by atoms with E-state index in [4.69, 9.17) is 0 Å². The molecule has 2 atom stereocenters. The summed E-state index contributed by atoms with van der Waals surface area (Å²) in [6.45, 7) is 6.05. The topological polar surface area (TPSA) is 44.4 Å². The average molecular weight is 315 g/mol. The highest BCUT2D eigenvalue weighted by atomic mass is 16.2. The van der Waals surface area contributed by atoms with Crippen molar-refractivity contribution in [3.05, 3.63) is 35.4 Å². The molecule has 1 aromatic carbocycles. The summed E-state index contributed by atoms with van der Waals surface area (Å²) in [4.78, 5) is 14.8. The van der Waals surface area contributed by atoms with E-state index in [1.54, 1.807) is 0 Å². The Morgan fingerprint density at radius 1 is 1.35 bits per heavy atom. The molecule has 126 valence electrons. The predicted octanol–water partition coefficient (Wildman–Crippen LogP) is 2.08. The number of carbonyl (C=O) groups is 1. The third-order valence-corrected chi connectivity index (χ3v) is 5.29. The number of carbonyl (C=O) groups excluding carboxylic acids is 1. The molecule has 2 heterocycles. The second-order valence-corrected chi connectivity index (χ2v) is 6.80. The van der Waals surface area contributed by atoms with Crippen LogP contribution in [0, 0.1) is 0 Å². The second kappa shape index (κ2) is 7.93. The number of amides is 1. The number of hydrogen-bond donors (Lipinski definition) is 2. The third kappa shape index (κ3) is 4.12. The van der Waals surface area contributed by atoms with E-state index in [2.05, 4.69) is 46.7 Å². The summed E-state index contributed by atoms with van der Waals surface area (Å²) >= 11 is 0. The van der Waals surface area contributed by atoms with Gasteiger partial charge < -0.3 is 10.6 Å². The molecule has 0 radical (unpaired) electrons. The number of nitrogens with zero attached hydrogens (tertiary/aromatic N) is 1. The highest BCUT2D eigenvalue weighted by Gasteiger charge is 2.25. The Morgan fingerprint density at radius 3 is 2.91 bits per heavy atom. The molecule has 1 saturated heterocycles. The molecule has 0 aromatic heterocycles. The zero-order valence-corrected chi connectivity index (χ0v) is 14.2. The quantitative estimate of drug-likeness (QED) is 0.874. The van der Waals surface area contributed by atoms with Crippen LogP contribution < -0.4 is 10.6 Å². The minimum Gasteiger partial charge on any atom is -0.353 e. The second-order valence-electron chi connectivity index (χ2n) is 6.80. The summed E-state index contributed by atoms with van der Waals surface area (Å²) in [5.41, 5.74) is 2.92. The number of piperidine rings is 1. The van der Waals surface area contributed by atoms with Gasteiger partial charge in [-0.05, 0) is 43.4 Å². The summed E-state index contributed by atoms with van der Waals surface area (Å²) in [5.74, 6) is 0.181. The van der Waals surface area contributed by atoms with Gasteiger partial charge in [0.15, 0.2) is 0 Å². The molecule has 0 spiro atoms. The number of benzene rings is 1. The van der Waals surface area contributed by atoms with Crippen LogP contribution in [0.4, 0.5) is 0 Å². The summed E-state index contributed by atoms with van der Waals surface area (Å²) < 4.78 is 0. The Hall–Kier alpha value is -1.39. The minimum absolute atomic E-state index is 0.0170. The van der Waals surface area contributed by atoms with Crippen LogP contribution >= 0.6 is 0 Å². The molecule has 1 amide bonds. The normalized spacial score (nSPS) is 23.1. The maximum atomic E-state index is 12.3. The fraction of sp³-hybridized carbons (Fsp3) is 0.632. The van der Waals surface area contributed by atoms with Crippen molar-refractivity contribution in [3.8, 4) is 0 Å². The molecule has 23 heavy (non-hydrogen) atoms. The van der Waals surface area contributed by atoms with Gasteiger partial charge >= 0.3 is 0 Å². The Balaban J connectivity index is 1.53. The zero-order valence-electron chi connectivity index (χ0n) is 14.2. The van der Waals surface area contributed by atoms with Crippen molar-refractivity contribution in [2.75, 3.05) is 19.6 Å². The smallest absolute Gasteiger partial charge is 0.237 e. The van der Waals surface area contributed by atoms with E-state index in [1.165, 1.54) is 17.5 Å². The van der Waals surface area contributed by atoms with E-state index < -0.39 is 0 Å². The zero-order chi connectivity index (χ0) is 16.1. The van der Waals surface area contributed by atoms with E-state index in [0.29, 0.717) is 6.04 Å². The summed E-state index contributed by atoms with van der Waals surface area (Å²) in [7, 11) is 0. The largest absolute Gasteiger partial charge is 0.353 e. The molecule has 2 aliphatic heterocycles. The van der Waals surface area contributed by atoms with E-state index >= 15 is 0 Å². The monoisotopic (exact) mass is 315 g/mol. The molecule has 3 rings (SSSR count). The molecule has 1 unspecified atom stereocenters. The lowest BCUT2D eigenvalue weighted by molar-refractivity contribution is -0.123. The van der Waals surface area contributed by atoms with Crippen molar-refractivity contribution in [1.29, 1.82) is 0 Å². The van der Waals surface area contributed by atoms with Crippen LogP contribution in [0.3, 0.4) is 0 Å². The molecule has 1 fully saturated rings. The maximum Gasteiger partial charge on any atom is 0.237 e. The van der Waals surface area contributed by atoms with E-state index in [9.17, 15) is 4.79 Å². The van der Waals surface area contributed by atoms with Gasteiger partial charge in [-0.2, -0.15) is 0 Å². The van der Waals surface area contributed by atoms with Crippen molar-refractivity contribution >= 4 is 5.91 Å². The molecule has 0 aliphatic carbocycles. The van der Waals surface area contributed by atoms with Crippen LogP contribution in [0.5, 0.6) is 0 Å². The lowest BCUT2D eigenvalue weighted by Crippen LogP contribution is -2.51. The highest BCUT2D eigenvalue weighted by Crippen LogP contribution is 2.21. The highest BCUT2D eigenvalue weighted by molar-refractivity contribution is 5.81. The molecular weight excluding hydrogens is 286 g/mol. The van der Waals surface area contributed by atoms with Gasteiger partial charge in [-0.3, -0.25) is 9.69 Å². The molecule has 4 nitrogen and oxygen atoms in total. The van der Waals surface area contributed by atoms with Crippen LogP contribution in [0.1, 0.15) is 43.7 Å². The SMILES string of the molecule is CCC(CNC(=O)[C@H]1CCCCN1)N1CCc2ccccc2C1.